The quantitative estimate of drug-likeness (QED) is 0.751. The Hall–Kier alpha value is -1.18. The molecule has 1 aromatic carbocycles. The highest BCUT2D eigenvalue weighted by atomic mass is 16.5. The molecule has 0 heterocycles. The largest absolute Gasteiger partial charge is 0.495 e. The third-order valence-corrected chi connectivity index (χ3v) is 4.91. The van der Waals surface area contributed by atoms with Crippen molar-refractivity contribution in [3.8, 4) is 5.75 Å². The summed E-state index contributed by atoms with van der Waals surface area (Å²) in [5.74, 6) is 1.82. The first-order valence-corrected chi connectivity index (χ1v) is 8.31. The maximum atomic E-state index is 5.51. The van der Waals surface area contributed by atoms with Gasteiger partial charge >= 0.3 is 0 Å². The van der Waals surface area contributed by atoms with Crippen molar-refractivity contribution < 1.29 is 4.74 Å². The van der Waals surface area contributed by atoms with Gasteiger partial charge in [0.05, 0.1) is 12.8 Å². The number of nitrogens with one attached hydrogen (secondary N) is 1. The van der Waals surface area contributed by atoms with E-state index in [2.05, 4.69) is 51.2 Å². The molecule has 2 nitrogen and oxygen atoms in total. The molecule has 0 aromatic heterocycles. The van der Waals surface area contributed by atoms with Gasteiger partial charge in [-0.2, -0.15) is 0 Å². The summed E-state index contributed by atoms with van der Waals surface area (Å²) in [5, 5.41) is 3.71. The van der Waals surface area contributed by atoms with E-state index in [0.717, 1.165) is 17.4 Å². The molecular weight excluding hydrogens is 258 g/mol. The highest BCUT2D eigenvalue weighted by Gasteiger charge is 2.27. The predicted octanol–water partition coefficient (Wildman–Crippen LogP) is 5.41. The Morgan fingerprint density at radius 2 is 1.86 bits per heavy atom. The first-order chi connectivity index (χ1) is 9.90. The number of rotatable bonds is 3. The standard InChI is InChI=1S/C19H31NO/c1-14-9-12-17(18(13-14)21-5)20-16-8-6-7-15(10-11-16)19(2,3)4/h9,12-13,15-16,20H,6-8,10-11H2,1-5H3. The van der Waals surface area contributed by atoms with Gasteiger partial charge in [0.25, 0.3) is 0 Å². The lowest BCUT2D eigenvalue weighted by Crippen LogP contribution is -2.21. The van der Waals surface area contributed by atoms with Gasteiger partial charge < -0.3 is 10.1 Å². The summed E-state index contributed by atoms with van der Waals surface area (Å²) in [4.78, 5) is 0. The average Bonchev–Trinajstić information content (AvgIpc) is 2.66. The highest BCUT2D eigenvalue weighted by Crippen LogP contribution is 2.38. The molecule has 1 aromatic rings. The Labute approximate surface area is 130 Å². The van der Waals surface area contributed by atoms with Gasteiger partial charge in [-0.25, -0.2) is 0 Å². The van der Waals surface area contributed by atoms with Crippen molar-refractivity contribution in [2.45, 2.75) is 65.8 Å². The zero-order valence-corrected chi connectivity index (χ0v) is 14.3. The molecule has 2 rings (SSSR count). The molecule has 0 amide bonds. The molecule has 0 spiro atoms. The molecule has 1 saturated carbocycles. The Kier molecular flexibility index (Phi) is 5.18. The second-order valence-electron chi connectivity index (χ2n) is 7.62. The van der Waals surface area contributed by atoms with Crippen LogP contribution in [-0.2, 0) is 0 Å². The lowest BCUT2D eigenvalue weighted by Gasteiger charge is -2.29. The van der Waals surface area contributed by atoms with Gasteiger partial charge in [-0.15, -0.1) is 0 Å². The van der Waals surface area contributed by atoms with E-state index >= 15 is 0 Å². The molecule has 0 saturated heterocycles. The SMILES string of the molecule is COc1cc(C)ccc1NC1CCCC(C(C)(C)C)CC1. The number of hydrogen-bond donors (Lipinski definition) is 1. The minimum atomic E-state index is 0.441. The monoisotopic (exact) mass is 289 g/mol. The van der Waals surface area contributed by atoms with Crippen LogP contribution in [0.3, 0.4) is 0 Å². The van der Waals surface area contributed by atoms with Crippen molar-refractivity contribution in [2.75, 3.05) is 12.4 Å². The second-order valence-corrected chi connectivity index (χ2v) is 7.62. The predicted molar refractivity (Wildman–Crippen MR) is 91.2 cm³/mol. The maximum absolute atomic E-state index is 5.51. The van der Waals surface area contributed by atoms with Gasteiger partial charge in [0.1, 0.15) is 5.75 Å². The van der Waals surface area contributed by atoms with Crippen LogP contribution in [0, 0.1) is 18.3 Å². The van der Waals surface area contributed by atoms with Crippen LogP contribution in [0.4, 0.5) is 5.69 Å². The second kappa shape index (κ2) is 6.72. The lowest BCUT2D eigenvalue weighted by molar-refractivity contribution is 0.214. The Morgan fingerprint density at radius 1 is 1.10 bits per heavy atom. The summed E-state index contributed by atoms with van der Waals surface area (Å²) < 4.78 is 5.51. The minimum Gasteiger partial charge on any atom is -0.495 e. The molecule has 2 unspecified atom stereocenters. The molecule has 0 radical (unpaired) electrons. The van der Waals surface area contributed by atoms with E-state index in [4.69, 9.17) is 4.74 Å². The number of methoxy groups -OCH3 is 1. The summed E-state index contributed by atoms with van der Waals surface area (Å²) >= 11 is 0. The third-order valence-electron chi connectivity index (χ3n) is 4.91. The normalized spacial score (nSPS) is 23.5. The first-order valence-electron chi connectivity index (χ1n) is 8.31. The molecule has 1 aliphatic rings. The summed E-state index contributed by atoms with van der Waals surface area (Å²) in [6.45, 7) is 9.25. The molecule has 0 bridgehead atoms. The summed E-state index contributed by atoms with van der Waals surface area (Å²) in [6.07, 6.45) is 6.55. The van der Waals surface area contributed by atoms with E-state index in [0.29, 0.717) is 11.5 Å². The molecule has 0 aliphatic heterocycles. The van der Waals surface area contributed by atoms with E-state index in [1.54, 1.807) is 7.11 Å². The van der Waals surface area contributed by atoms with Crippen LogP contribution in [0.15, 0.2) is 18.2 Å². The van der Waals surface area contributed by atoms with Gasteiger partial charge in [-0.05, 0) is 61.6 Å². The maximum Gasteiger partial charge on any atom is 0.142 e. The molecule has 21 heavy (non-hydrogen) atoms. The van der Waals surface area contributed by atoms with Crippen molar-refractivity contribution in [1.82, 2.24) is 0 Å². The average molecular weight is 289 g/mol. The van der Waals surface area contributed by atoms with Gasteiger partial charge in [-0.1, -0.05) is 33.3 Å². The van der Waals surface area contributed by atoms with Crippen molar-refractivity contribution in [1.29, 1.82) is 0 Å². The summed E-state index contributed by atoms with van der Waals surface area (Å²) in [7, 11) is 1.75. The van der Waals surface area contributed by atoms with E-state index in [1.807, 2.05) is 0 Å². The molecule has 1 N–H and O–H groups in total. The van der Waals surface area contributed by atoms with E-state index in [1.165, 1.54) is 37.7 Å². The zero-order chi connectivity index (χ0) is 15.5. The Morgan fingerprint density at radius 3 is 2.52 bits per heavy atom. The van der Waals surface area contributed by atoms with Gasteiger partial charge in [0, 0.05) is 6.04 Å². The highest BCUT2D eigenvalue weighted by molar-refractivity contribution is 5.58. The van der Waals surface area contributed by atoms with Crippen molar-refractivity contribution in [2.24, 2.45) is 11.3 Å². The number of hydrogen-bond acceptors (Lipinski definition) is 2. The van der Waals surface area contributed by atoms with Crippen molar-refractivity contribution in [3.05, 3.63) is 23.8 Å². The Balaban J connectivity index is 2.01. The molecule has 1 fully saturated rings. The fourth-order valence-electron chi connectivity index (χ4n) is 3.45. The van der Waals surface area contributed by atoms with Crippen LogP contribution in [0.2, 0.25) is 0 Å². The van der Waals surface area contributed by atoms with Gasteiger partial charge in [-0.3, -0.25) is 0 Å². The fourth-order valence-corrected chi connectivity index (χ4v) is 3.45. The number of aryl methyl sites for hydroxylation is 1. The molecule has 2 heteroatoms. The number of ether oxygens (including phenoxy) is 1. The first kappa shape index (κ1) is 16.2. The third kappa shape index (κ3) is 4.39. The Bertz CT molecular complexity index is 461. The van der Waals surface area contributed by atoms with E-state index < -0.39 is 0 Å². The smallest absolute Gasteiger partial charge is 0.142 e. The summed E-state index contributed by atoms with van der Waals surface area (Å²) in [6, 6.07) is 6.99. The lowest BCUT2D eigenvalue weighted by atomic mass is 9.76. The van der Waals surface area contributed by atoms with E-state index in [9.17, 15) is 0 Å². The van der Waals surface area contributed by atoms with Crippen molar-refractivity contribution >= 4 is 5.69 Å². The molecule has 1 aliphatic carbocycles. The topological polar surface area (TPSA) is 21.3 Å². The molecule has 118 valence electrons. The van der Waals surface area contributed by atoms with Gasteiger partial charge in [0.2, 0.25) is 0 Å². The van der Waals surface area contributed by atoms with Crippen LogP contribution < -0.4 is 10.1 Å². The van der Waals surface area contributed by atoms with Crippen LogP contribution in [0.25, 0.3) is 0 Å². The van der Waals surface area contributed by atoms with Crippen LogP contribution in [-0.4, -0.2) is 13.2 Å². The van der Waals surface area contributed by atoms with Crippen LogP contribution >= 0.6 is 0 Å². The van der Waals surface area contributed by atoms with Gasteiger partial charge in [0.15, 0.2) is 0 Å². The van der Waals surface area contributed by atoms with Crippen LogP contribution in [0.5, 0.6) is 5.75 Å². The summed E-state index contributed by atoms with van der Waals surface area (Å²) in [5.41, 5.74) is 2.82. The number of benzene rings is 1. The van der Waals surface area contributed by atoms with E-state index in [-0.39, 0.29) is 0 Å². The molecular formula is C19H31NO. The molecule has 2 atom stereocenters. The fraction of sp³-hybridized carbons (Fsp3) is 0.684. The number of anilines is 1. The van der Waals surface area contributed by atoms with Crippen LogP contribution in [0.1, 0.15) is 58.4 Å². The minimum absolute atomic E-state index is 0.441. The zero-order valence-electron chi connectivity index (χ0n) is 14.3. The van der Waals surface area contributed by atoms with Crippen molar-refractivity contribution in [3.63, 3.8) is 0 Å².